The first kappa shape index (κ1) is 37.3. The molecular formula is C34H38N6O9. The lowest BCUT2D eigenvalue weighted by Crippen LogP contribution is -2.57. The first-order valence-electron chi connectivity index (χ1n) is 15.4. The van der Waals surface area contributed by atoms with Crippen molar-refractivity contribution in [2.45, 2.75) is 63.7 Å². The molecule has 258 valence electrons. The Bertz CT molecular complexity index is 1630. The zero-order chi connectivity index (χ0) is 35.9. The molecule has 0 unspecified atom stereocenters. The first-order valence-corrected chi connectivity index (χ1v) is 15.4. The number of nitrogens with zero attached hydrogens (tertiary/aromatic N) is 1. The quantitative estimate of drug-likeness (QED) is 0.0906. The lowest BCUT2D eigenvalue weighted by atomic mass is 10.0. The first-order chi connectivity index (χ1) is 23.3. The number of nitro groups is 1. The predicted molar refractivity (Wildman–Crippen MR) is 178 cm³/mol. The number of rotatable bonds is 17. The second kappa shape index (κ2) is 18.3. The van der Waals surface area contributed by atoms with Crippen LogP contribution in [-0.2, 0) is 41.6 Å². The topological polar surface area (TPSA) is 226 Å². The molecule has 0 aromatic heterocycles. The fraction of sp³-hybridized carbons (Fsp3) is 0.294. The van der Waals surface area contributed by atoms with Crippen molar-refractivity contribution < 1.29 is 38.8 Å². The highest BCUT2D eigenvalue weighted by molar-refractivity contribution is 5.99. The lowest BCUT2D eigenvalue weighted by Gasteiger charge is -2.24. The maximum atomic E-state index is 13.2. The maximum absolute atomic E-state index is 13.2. The van der Waals surface area contributed by atoms with Crippen molar-refractivity contribution in [2.75, 3.05) is 5.32 Å². The summed E-state index contributed by atoms with van der Waals surface area (Å²) >= 11 is 0. The number of benzene rings is 3. The van der Waals surface area contributed by atoms with E-state index in [1.807, 2.05) is 0 Å². The van der Waals surface area contributed by atoms with E-state index < -0.39 is 71.0 Å². The number of nitro benzene ring substituents is 1. The normalized spacial score (nSPS) is 13.0. The monoisotopic (exact) mass is 674 g/mol. The zero-order valence-electron chi connectivity index (χ0n) is 26.9. The second-order valence-electron chi connectivity index (χ2n) is 11.2. The summed E-state index contributed by atoms with van der Waals surface area (Å²) in [5.41, 5.74) is 1.57. The molecule has 15 nitrogen and oxygen atoms in total. The summed E-state index contributed by atoms with van der Waals surface area (Å²) in [6.07, 6.45) is -0.591. The summed E-state index contributed by atoms with van der Waals surface area (Å²) in [5.74, 6) is -4.53. The van der Waals surface area contributed by atoms with Crippen molar-refractivity contribution in [1.82, 2.24) is 21.3 Å². The van der Waals surface area contributed by atoms with Crippen LogP contribution in [0.1, 0.15) is 37.8 Å². The molecule has 49 heavy (non-hydrogen) atoms. The fourth-order valence-corrected chi connectivity index (χ4v) is 4.58. The van der Waals surface area contributed by atoms with E-state index in [-0.39, 0.29) is 30.6 Å². The molecule has 0 aliphatic carbocycles. The molecule has 5 amide bonds. The van der Waals surface area contributed by atoms with Crippen LogP contribution >= 0.6 is 0 Å². The average Bonchev–Trinajstić information content (AvgIpc) is 3.07. The molecular weight excluding hydrogens is 636 g/mol. The van der Waals surface area contributed by atoms with Gasteiger partial charge in [-0.25, -0.2) is 0 Å². The minimum atomic E-state index is -1.17. The Labute approximate surface area is 282 Å². The van der Waals surface area contributed by atoms with E-state index in [1.54, 1.807) is 60.7 Å². The Balaban J connectivity index is 1.64. The molecule has 0 heterocycles. The number of aliphatic carboxylic acids is 1. The molecule has 0 saturated carbocycles. The molecule has 6 N–H and O–H groups in total. The molecule has 3 rings (SSSR count). The average molecular weight is 675 g/mol. The van der Waals surface area contributed by atoms with Crippen molar-refractivity contribution >= 4 is 46.9 Å². The third-order valence-corrected chi connectivity index (χ3v) is 7.27. The van der Waals surface area contributed by atoms with Crippen LogP contribution in [0.2, 0.25) is 0 Å². The van der Waals surface area contributed by atoms with Crippen LogP contribution in [0, 0.1) is 10.1 Å². The van der Waals surface area contributed by atoms with Gasteiger partial charge in [-0.1, -0.05) is 60.7 Å². The summed E-state index contributed by atoms with van der Waals surface area (Å²) < 4.78 is 0. The number of hydrogen-bond acceptors (Lipinski definition) is 8. The number of non-ortho nitro benzene ring substituents is 1. The number of hydrogen-bond donors (Lipinski definition) is 6. The Morgan fingerprint density at radius 2 is 1.10 bits per heavy atom. The molecule has 4 atom stereocenters. The number of carboxylic acids is 1. The van der Waals surface area contributed by atoms with Crippen LogP contribution in [0.5, 0.6) is 0 Å². The van der Waals surface area contributed by atoms with E-state index in [1.165, 1.54) is 38.1 Å². The van der Waals surface area contributed by atoms with Crippen molar-refractivity contribution in [3.05, 3.63) is 106 Å². The van der Waals surface area contributed by atoms with Gasteiger partial charge in [-0.2, -0.15) is 0 Å². The van der Waals surface area contributed by atoms with Gasteiger partial charge in [0.15, 0.2) is 0 Å². The van der Waals surface area contributed by atoms with Gasteiger partial charge in [0.25, 0.3) is 5.69 Å². The summed E-state index contributed by atoms with van der Waals surface area (Å²) in [4.78, 5) is 86.2. The minimum Gasteiger partial charge on any atom is -0.481 e. The maximum Gasteiger partial charge on any atom is 0.303 e. The molecule has 0 bridgehead atoms. The minimum absolute atomic E-state index is 0.0728. The highest BCUT2D eigenvalue weighted by Crippen LogP contribution is 2.16. The van der Waals surface area contributed by atoms with E-state index in [0.29, 0.717) is 5.56 Å². The smallest absolute Gasteiger partial charge is 0.303 e. The molecule has 3 aromatic carbocycles. The number of carbonyl (C=O) groups is 6. The van der Waals surface area contributed by atoms with Crippen molar-refractivity contribution in [3.8, 4) is 0 Å². The Morgan fingerprint density at radius 3 is 1.59 bits per heavy atom. The van der Waals surface area contributed by atoms with Crippen molar-refractivity contribution in [3.63, 3.8) is 0 Å². The van der Waals surface area contributed by atoms with Gasteiger partial charge in [-0.15, -0.1) is 0 Å². The van der Waals surface area contributed by atoms with Crippen LogP contribution in [-0.4, -0.2) is 69.7 Å². The standard InChI is InChI=1S/C34H38N6O9/c1-21(36-33(46)27(19-23-9-5-3-6-10-23)38-29(41)17-18-30(42)43)31(44)35-22(2)32(45)39-28(20-24-11-7-4-8-12-24)34(47)37-25-13-15-26(16-14-25)40(48)49/h3-16,21-22,27-28H,17-20H2,1-2H3,(H,35,44)(H,36,46)(H,37,47)(H,38,41)(H,39,45)(H,42,43)/t21-,22-,27-,28-/m0/s1. The molecule has 0 aliphatic heterocycles. The van der Waals surface area contributed by atoms with Crippen LogP contribution < -0.4 is 26.6 Å². The number of carbonyl (C=O) groups excluding carboxylic acids is 5. The molecule has 0 saturated heterocycles. The van der Waals surface area contributed by atoms with E-state index in [0.717, 1.165) is 5.56 Å². The van der Waals surface area contributed by atoms with Crippen LogP contribution in [0.4, 0.5) is 11.4 Å². The van der Waals surface area contributed by atoms with E-state index in [9.17, 15) is 38.9 Å². The van der Waals surface area contributed by atoms with Gasteiger partial charge >= 0.3 is 5.97 Å². The Morgan fingerprint density at radius 1 is 0.633 bits per heavy atom. The van der Waals surface area contributed by atoms with Gasteiger partial charge in [0.05, 0.1) is 11.3 Å². The number of amides is 5. The summed E-state index contributed by atoms with van der Waals surface area (Å²) in [6, 6.07) is 18.3. The predicted octanol–water partition coefficient (Wildman–Crippen LogP) is 1.86. The number of anilines is 1. The second-order valence-corrected chi connectivity index (χ2v) is 11.2. The summed E-state index contributed by atoms with van der Waals surface area (Å²) in [5, 5.41) is 32.7. The number of nitrogens with one attached hydrogen (secondary N) is 5. The zero-order valence-corrected chi connectivity index (χ0v) is 26.9. The van der Waals surface area contributed by atoms with Gasteiger partial charge in [-0.3, -0.25) is 38.9 Å². The molecule has 0 fully saturated rings. The fourth-order valence-electron chi connectivity index (χ4n) is 4.58. The van der Waals surface area contributed by atoms with Gasteiger partial charge in [-0.05, 0) is 37.1 Å². The third-order valence-electron chi connectivity index (χ3n) is 7.27. The van der Waals surface area contributed by atoms with Crippen molar-refractivity contribution in [2.24, 2.45) is 0 Å². The highest BCUT2D eigenvalue weighted by atomic mass is 16.6. The van der Waals surface area contributed by atoms with E-state index in [4.69, 9.17) is 5.11 Å². The Hall–Kier alpha value is -6.12. The Kier molecular flexibility index (Phi) is 13.9. The van der Waals surface area contributed by atoms with Gasteiger partial charge in [0.1, 0.15) is 24.2 Å². The summed E-state index contributed by atoms with van der Waals surface area (Å²) in [7, 11) is 0. The molecule has 0 spiro atoms. The van der Waals surface area contributed by atoms with Gasteiger partial charge in [0, 0.05) is 37.1 Å². The van der Waals surface area contributed by atoms with Gasteiger partial charge in [0.2, 0.25) is 29.5 Å². The molecule has 0 radical (unpaired) electrons. The highest BCUT2D eigenvalue weighted by Gasteiger charge is 2.28. The van der Waals surface area contributed by atoms with Crippen LogP contribution in [0.15, 0.2) is 84.9 Å². The third kappa shape index (κ3) is 12.5. The number of carboxylic acid groups (broad SMARTS) is 1. The summed E-state index contributed by atoms with van der Waals surface area (Å²) in [6.45, 7) is 2.79. The lowest BCUT2D eigenvalue weighted by molar-refractivity contribution is -0.384. The van der Waals surface area contributed by atoms with Crippen LogP contribution in [0.3, 0.4) is 0 Å². The molecule has 0 aliphatic rings. The SMILES string of the molecule is C[C@H](NC(=O)[C@H](C)NC(=O)[C@H](Cc1ccccc1)NC(=O)CCC(=O)O)C(=O)N[C@@H](Cc1ccccc1)C(=O)Nc1ccc([N+](=O)[O-])cc1. The van der Waals surface area contributed by atoms with E-state index in [2.05, 4.69) is 26.6 Å². The molecule has 15 heteroatoms. The largest absolute Gasteiger partial charge is 0.481 e. The van der Waals surface area contributed by atoms with E-state index >= 15 is 0 Å². The molecule has 3 aromatic rings. The van der Waals surface area contributed by atoms with Crippen molar-refractivity contribution in [1.29, 1.82) is 0 Å². The van der Waals surface area contributed by atoms with Crippen LogP contribution in [0.25, 0.3) is 0 Å². The van der Waals surface area contributed by atoms with Gasteiger partial charge < -0.3 is 31.7 Å².